The number of hydrogen-bond acceptors (Lipinski definition) is 12. The molecule has 308 valence electrons. The molecule has 3 heterocycles. The third kappa shape index (κ3) is 10.8. The van der Waals surface area contributed by atoms with Gasteiger partial charge in [0.05, 0.1) is 31.0 Å². The summed E-state index contributed by atoms with van der Waals surface area (Å²) in [5, 5.41) is 11.5. The number of cyclic esters (lactones) is 1. The van der Waals surface area contributed by atoms with E-state index in [4.69, 9.17) is 23.7 Å². The van der Waals surface area contributed by atoms with Crippen molar-refractivity contribution in [3.05, 3.63) is 29.8 Å². The number of ketones is 1. The first-order chi connectivity index (χ1) is 25.4. The van der Waals surface area contributed by atoms with E-state index in [-0.39, 0.29) is 29.9 Å². The van der Waals surface area contributed by atoms with Gasteiger partial charge in [0.2, 0.25) is 0 Å². The fourth-order valence-corrected chi connectivity index (χ4v) is 8.93. The highest BCUT2D eigenvalue weighted by Crippen LogP contribution is 2.39. The monoisotopic (exact) mass is 761 g/mol. The number of ether oxygens (including phenoxy) is 5. The molecule has 0 amide bonds. The SMILES string of the molecule is CCCN1C[C@H](C)C[C@@](C)(OC)[C@H](O[C@@H]2O[C@H](C)C[C@H](N(C)C)[C@H]2O)[C@@H](C)C(=O)C(C)(C)C(=O)O[C@@H](C)[C@@H]1CN1CCN(Cc2cccc(OC)c2)CC1. The number of aliphatic hydroxyl groups excluding tert-OH is 1. The lowest BCUT2D eigenvalue weighted by Gasteiger charge is -2.47. The van der Waals surface area contributed by atoms with Crippen molar-refractivity contribution in [1.82, 2.24) is 19.6 Å². The zero-order valence-electron chi connectivity index (χ0n) is 35.4. The quantitative estimate of drug-likeness (QED) is 0.256. The highest BCUT2D eigenvalue weighted by Gasteiger charge is 2.52. The first kappa shape index (κ1) is 44.6. The molecule has 12 nitrogen and oxygen atoms in total. The van der Waals surface area contributed by atoms with E-state index in [0.29, 0.717) is 12.8 Å². The fourth-order valence-electron chi connectivity index (χ4n) is 8.93. The summed E-state index contributed by atoms with van der Waals surface area (Å²) >= 11 is 0. The van der Waals surface area contributed by atoms with Crippen molar-refractivity contribution in [2.75, 3.05) is 74.1 Å². The van der Waals surface area contributed by atoms with Crippen LogP contribution in [0.3, 0.4) is 0 Å². The summed E-state index contributed by atoms with van der Waals surface area (Å²) in [6.45, 7) is 22.3. The van der Waals surface area contributed by atoms with Crippen LogP contribution in [0, 0.1) is 17.3 Å². The van der Waals surface area contributed by atoms with Crippen LogP contribution in [-0.4, -0.2) is 159 Å². The number of benzene rings is 1. The molecule has 1 aromatic rings. The van der Waals surface area contributed by atoms with Crippen LogP contribution in [0.15, 0.2) is 24.3 Å². The van der Waals surface area contributed by atoms with Gasteiger partial charge < -0.3 is 33.7 Å². The Morgan fingerprint density at radius 1 is 1.00 bits per heavy atom. The number of Topliss-reactive ketones (excluding diaryl/α,β-unsaturated/α-hetero) is 1. The number of nitrogens with zero attached hydrogens (tertiary/aromatic N) is 4. The molecule has 54 heavy (non-hydrogen) atoms. The average Bonchev–Trinajstić information content (AvgIpc) is 3.13. The van der Waals surface area contributed by atoms with Crippen LogP contribution in [0.5, 0.6) is 5.75 Å². The predicted octanol–water partition coefficient (Wildman–Crippen LogP) is 4.31. The number of esters is 1. The van der Waals surface area contributed by atoms with Crippen LogP contribution >= 0.6 is 0 Å². The second kappa shape index (κ2) is 19.3. The topological polar surface area (TPSA) is 113 Å². The maximum atomic E-state index is 14.5. The molecular formula is C42H72N4O8. The van der Waals surface area contributed by atoms with Crippen LogP contribution < -0.4 is 4.74 Å². The Labute approximate surface area is 325 Å². The van der Waals surface area contributed by atoms with E-state index in [1.165, 1.54) is 5.56 Å². The fraction of sp³-hybridized carbons (Fsp3) is 0.810. The maximum absolute atomic E-state index is 14.5. The van der Waals surface area contributed by atoms with E-state index in [2.05, 4.69) is 40.7 Å². The molecule has 3 aliphatic rings. The van der Waals surface area contributed by atoms with Crippen molar-refractivity contribution in [1.29, 1.82) is 0 Å². The largest absolute Gasteiger partial charge is 0.497 e. The third-order valence-electron chi connectivity index (χ3n) is 12.2. The number of hydrogen-bond donors (Lipinski definition) is 1. The molecular weight excluding hydrogens is 688 g/mol. The van der Waals surface area contributed by atoms with Crippen molar-refractivity contribution in [3.63, 3.8) is 0 Å². The van der Waals surface area contributed by atoms with Gasteiger partial charge in [-0.3, -0.25) is 24.3 Å². The number of methoxy groups -OCH3 is 2. The maximum Gasteiger partial charge on any atom is 0.319 e. The zero-order valence-corrected chi connectivity index (χ0v) is 35.4. The molecule has 0 unspecified atom stereocenters. The minimum atomic E-state index is -1.46. The van der Waals surface area contributed by atoms with Gasteiger partial charge in [-0.1, -0.05) is 32.9 Å². The molecule has 12 heteroatoms. The summed E-state index contributed by atoms with van der Waals surface area (Å²) in [4.78, 5) is 38.1. The second-order valence-electron chi connectivity index (χ2n) is 17.3. The number of carbonyl (C=O) groups is 2. The molecule has 10 atom stereocenters. The van der Waals surface area contributed by atoms with Gasteiger partial charge in [-0.15, -0.1) is 0 Å². The lowest BCUT2D eigenvalue weighted by molar-refractivity contribution is -0.295. The van der Waals surface area contributed by atoms with Gasteiger partial charge in [-0.25, -0.2) is 0 Å². The van der Waals surface area contributed by atoms with Gasteiger partial charge in [0.25, 0.3) is 0 Å². The number of likely N-dealkylation sites (N-methyl/N-ethyl adjacent to an activating group) is 1. The van der Waals surface area contributed by atoms with Crippen molar-refractivity contribution in [2.24, 2.45) is 17.3 Å². The molecule has 0 radical (unpaired) electrons. The number of piperazine rings is 1. The summed E-state index contributed by atoms with van der Waals surface area (Å²) < 4.78 is 31.1. The van der Waals surface area contributed by atoms with Gasteiger partial charge in [-0.2, -0.15) is 0 Å². The molecule has 3 saturated heterocycles. The summed E-state index contributed by atoms with van der Waals surface area (Å²) in [5.74, 6) is -0.619. The first-order valence-corrected chi connectivity index (χ1v) is 20.2. The Morgan fingerprint density at radius 2 is 1.67 bits per heavy atom. The molecule has 1 aromatic carbocycles. The zero-order chi connectivity index (χ0) is 40.0. The van der Waals surface area contributed by atoms with E-state index in [0.717, 1.165) is 64.5 Å². The molecule has 0 aromatic heterocycles. The van der Waals surface area contributed by atoms with Crippen LogP contribution in [0.25, 0.3) is 0 Å². The molecule has 0 spiro atoms. The molecule has 0 saturated carbocycles. The van der Waals surface area contributed by atoms with Gasteiger partial charge in [0, 0.05) is 64.9 Å². The average molecular weight is 761 g/mol. The van der Waals surface area contributed by atoms with Crippen LogP contribution in [-0.2, 0) is 35.1 Å². The lowest BCUT2D eigenvalue weighted by atomic mass is 9.74. The Balaban J connectivity index is 1.60. The molecule has 1 N–H and O–H groups in total. The van der Waals surface area contributed by atoms with Crippen molar-refractivity contribution in [3.8, 4) is 5.75 Å². The predicted molar refractivity (Wildman–Crippen MR) is 210 cm³/mol. The van der Waals surface area contributed by atoms with Gasteiger partial charge in [0.1, 0.15) is 23.4 Å². The normalized spacial score (nSPS) is 35.6. The van der Waals surface area contributed by atoms with Crippen molar-refractivity contribution >= 4 is 11.8 Å². The Morgan fingerprint density at radius 3 is 2.28 bits per heavy atom. The lowest BCUT2D eigenvalue weighted by Crippen LogP contribution is -2.59. The van der Waals surface area contributed by atoms with E-state index in [1.54, 1.807) is 35.0 Å². The van der Waals surface area contributed by atoms with Crippen LogP contribution in [0.2, 0.25) is 0 Å². The second-order valence-corrected chi connectivity index (χ2v) is 17.3. The molecule has 4 rings (SSSR count). The molecule has 0 aliphatic carbocycles. The highest BCUT2D eigenvalue weighted by molar-refractivity contribution is 6.04. The van der Waals surface area contributed by atoms with E-state index in [9.17, 15) is 14.7 Å². The van der Waals surface area contributed by atoms with Crippen molar-refractivity contribution in [2.45, 2.75) is 130 Å². The summed E-state index contributed by atoms with van der Waals surface area (Å²) in [6, 6.07) is 7.99. The number of carbonyl (C=O) groups excluding carboxylic acids is 2. The standard InChI is InChI=1S/C42H72N4O8/c1-13-17-46-25-28(2)24-42(8,51-12)38(54-39-36(47)34(43(9)10)22-29(3)52-39)30(4)37(48)41(6,7)40(49)53-31(5)35(46)27-45-20-18-44(19-21-45)26-32-15-14-16-33(23-32)50-11/h14-16,23,28-31,34-36,38-39,47H,13,17-22,24-27H2,1-12H3/t28-,29-,30+,31+,34+,35+,36-,38-,39+,42-/m1/s1. The van der Waals surface area contributed by atoms with Crippen molar-refractivity contribution < 1.29 is 38.4 Å². The molecule has 3 fully saturated rings. The number of aliphatic hydroxyl groups is 1. The highest BCUT2D eigenvalue weighted by atomic mass is 16.7. The summed E-state index contributed by atoms with van der Waals surface area (Å²) in [5.41, 5.74) is -1.17. The minimum absolute atomic E-state index is 0.0820. The van der Waals surface area contributed by atoms with E-state index >= 15 is 0 Å². The minimum Gasteiger partial charge on any atom is -0.497 e. The van der Waals surface area contributed by atoms with Crippen LogP contribution in [0.1, 0.15) is 80.2 Å². The van der Waals surface area contributed by atoms with Gasteiger partial charge >= 0.3 is 5.97 Å². The van der Waals surface area contributed by atoms with Gasteiger partial charge in [0.15, 0.2) is 12.1 Å². The smallest absolute Gasteiger partial charge is 0.319 e. The first-order valence-electron chi connectivity index (χ1n) is 20.2. The Kier molecular flexibility index (Phi) is 15.9. The third-order valence-corrected chi connectivity index (χ3v) is 12.2. The molecule has 3 aliphatic heterocycles. The number of rotatable bonds is 11. The Hall–Kier alpha value is -2.16. The molecule has 0 bridgehead atoms. The van der Waals surface area contributed by atoms with E-state index < -0.39 is 47.5 Å². The Bertz CT molecular complexity index is 1360. The van der Waals surface area contributed by atoms with E-state index in [1.807, 2.05) is 51.9 Å². The van der Waals surface area contributed by atoms with Crippen LogP contribution in [0.4, 0.5) is 0 Å². The summed E-state index contributed by atoms with van der Waals surface area (Å²) in [7, 11) is 7.22. The summed E-state index contributed by atoms with van der Waals surface area (Å²) in [6.07, 6.45) is -1.18. The van der Waals surface area contributed by atoms with Gasteiger partial charge in [-0.05, 0) is 98.1 Å².